The van der Waals surface area contributed by atoms with Gasteiger partial charge in [0.2, 0.25) is 0 Å². The average molecular weight is 224 g/mol. The van der Waals surface area contributed by atoms with Crippen LogP contribution in [0.25, 0.3) is 0 Å². The molecular formula is C12H16O4. The molecule has 1 aliphatic rings. The fourth-order valence-corrected chi connectivity index (χ4v) is 1.39. The first kappa shape index (κ1) is 12.5. The van der Waals surface area contributed by atoms with Crippen LogP contribution >= 0.6 is 0 Å². The molecule has 0 aromatic heterocycles. The van der Waals surface area contributed by atoms with Crippen molar-refractivity contribution in [1.29, 1.82) is 0 Å². The van der Waals surface area contributed by atoms with Crippen molar-refractivity contribution in [2.24, 2.45) is 0 Å². The summed E-state index contributed by atoms with van der Waals surface area (Å²) in [6.45, 7) is 2.85. The van der Waals surface area contributed by atoms with Crippen molar-refractivity contribution in [3.8, 4) is 0 Å². The first-order valence-corrected chi connectivity index (χ1v) is 5.21. The van der Waals surface area contributed by atoms with E-state index in [-0.39, 0.29) is 12.2 Å². The maximum absolute atomic E-state index is 10.5. The molecule has 0 unspecified atom stereocenters. The minimum Gasteiger partial charge on any atom is -0.508 e. The van der Waals surface area contributed by atoms with Crippen LogP contribution in [-0.2, 0) is 9.53 Å². The van der Waals surface area contributed by atoms with E-state index < -0.39 is 5.97 Å². The van der Waals surface area contributed by atoms with E-state index in [1.807, 2.05) is 13.0 Å². The Kier molecular flexibility index (Phi) is 4.79. The van der Waals surface area contributed by atoms with Crippen LogP contribution in [0.2, 0.25) is 0 Å². The third-order valence-corrected chi connectivity index (χ3v) is 2.26. The van der Waals surface area contributed by atoms with Gasteiger partial charge in [-0.1, -0.05) is 12.2 Å². The normalized spacial score (nSPS) is 15.9. The highest BCUT2D eigenvalue weighted by Crippen LogP contribution is 2.18. The first-order chi connectivity index (χ1) is 7.63. The largest absolute Gasteiger partial charge is 0.508 e. The van der Waals surface area contributed by atoms with Crippen molar-refractivity contribution in [2.45, 2.75) is 19.8 Å². The van der Waals surface area contributed by atoms with Gasteiger partial charge in [-0.3, -0.25) is 4.79 Å². The average Bonchev–Trinajstić information content (AvgIpc) is 2.39. The van der Waals surface area contributed by atoms with Gasteiger partial charge in [-0.2, -0.15) is 0 Å². The van der Waals surface area contributed by atoms with Gasteiger partial charge in [0.1, 0.15) is 5.76 Å². The zero-order valence-corrected chi connectivity index (χ0v) is 9.27. The second-order valence-electron chi connectivity index (χ2n) is 3.51. The summed E-state index contributed by atoms with van der Waals surface area (Å²) in [4.78, 5) is 10.5. The molecule has 0 aromatic rings. The Balaban J connectivity index is 2.67. The number of carboxylic acid groups (broad SMARTS) is 1. The second kappa shape index (κ2) is 6.12. The number of allylic oxidation sites excluding steroid dienone is 3. The summed E-state index contributed by atoms with van der Waals surface area (Å²) < 4.78 is 5.22. The molecule has 88 valence electrons. The Morgan fingerprint density at radius 2 is 2.25 bits per heavy atom. The van der Waals surface area contributed by atoms with E-state index in [0.717, 1.165) is 5.57 Å². The number of ether oxygens (including phenoxy) is 1. The number of hydrogen-bond acceptors (Lipinski definition) is 3. The van der Waals surface area contributed by atoms with Crippen molar-refractivity contribution in [2.75, 3.05) is 13.2 Å². The molecule has 0 spiro atoms. The zero-order chi connectivity index (χ0) is 12.0. The Bertz CT molecular complexity index is 350. The maximum Gasteiger partial charge on any atom is 0.307 e. The van der Waals surface area contributed by atoms with Crippen LogP contribution < -0.4 is 0 Å². The number of aliphatic hydroxyl groups is 1. The lowest BCUT2D eigenvalue weighted by molar-refractivity contribution is -0.136. The lowest BCUT2D eigenvalue weighted by Crippen LogP contribution is -2.00. The van der Waals surface area contributed by atoms with Crippen LogP contribution in [0.3, 0.4) is 0 Å². The summed E-state index contributed by atoms with van der Waals surface area (Å²) in [5.74, 6) is -0.700. The highest BCUT2D eigenvalue weighted by molar-refractivity contribution is 5.71. The van der Waals surface area contributed by atoms with Crippen LogP contribution in [0.15, 0.2) is 35.1 Å². The third-order valence-electron chi connectivity index (χ3n) is 2.26. The number of carbonyl (C=O) groups is 1. The Morgan fingerprint density at radius 3 is 2.88 bits per heavy atom. The van der Waals surface area contributed by atoms with E-state index in [1.165, 1.54) is 6.08 Å². The highest BCUT2D eigenvalue weighted by Gasteiger charge is 2.08. The molecule has 0 atom stereocenters. The van der Waals surface area contributed by atoms with E-state index in [1.54, 1.807) is 6.08 Å². The minimum atomic E-state index is -0.872. The third kappa shape index (κ3) is 3.90. The fraction of sp³-hybridized carbons (Fsp3) is 0.417. The monoisotopic (exact) mass is 224 g/mol. The van der Waals surface area contributed by atoms with Crippen LogP contribution in [0.5, 0.6) is 0 Å². The Labute approximate surface area is 94.5 Å². The number of aliphatic carboxylic acids is 1. The SMILES string of the molecule is CCOCC1=C(O)C=CC(CC(=O)O)=CC1. The molecular weight excluding hydrogens is 208 g/mol. The van der Waals surface area contributed by atoms with E-state index in [4.69, 9.17) is 9.84 Å². The number of aliphatic hydroxyl groups excluding tert-OH is 1. The summed E-state index contributed by atoms with van der Waals surface area (Å²) >= 11 is 0. The van der Waals surface area contributed by atoms with E-state index in [9.17, 15) is 9.90 Å². The van der Waals surface area contributed by atoms with Crippen LogP contribution in [-0.4, -0.2) is 29.4 Å². The van der Waals surface area contributed by atoms with Crippen LogP contribution in [0, 0.1) is 0 Å². The van der Waals surface area contributed by atoms with Gasteiger partial charge in [0.25, 0.3) is 0 Å². The lowest BCUT2D eigenvalue weighted by atomic mass is 10.1. The predicted octanol–water partition coefficient (Wildman–Crippen LogP) is 2.20. The van der Waals surface area contributed by atoms with E-state index >= 15 is 0 Å². The van der Waals surface area contributed by atoms with Crippen molar-refractivity contribution >= 4 is 5.97 Å². The molecule has 1 aliphatic carbocycles. The number of carboxylic acids is 1. The molecule has 0 aromatic carbocycles. The molecule has 1 rings (SSSR count). The maximum atomic E-state index is 10.5. The van der Waals surface area contributed by atoms with Crippen molar-refractivity contribution in [3.05, 3.63) is 35.1 Å². The van der Waals surface area contributed by atoms with Gasteiger partial charge < -0.3 is 14.9 Å². The molecule has 0 aliphatic heterocycles. The summed E-state index contributed by atoms with van der Waals surface area (Å²) in [5, 5.41) is 18.3. The first-order valence-electron chi connectivity index (χ1n) is 5.21. The summed E-state index contributed by atoms with van der Waals surface area (Å²) in [5.41, 5.74) is 1.48. The number of hydrogen-bond donors (Lipinski definition) is 2. The molecule has 0 heterocycles. The van der Waals surface area contributed by atoms with Gasteiger partial charge >= 0.3 is 5.97 Å². The standard InChI is InChI=1S/C12H16O4/c1-2-16-8-10-5-3-9(7-12(14)15)4-6-11(10)13/h3-4,6,13H,2,5,7-8H2,1H3,(H,14,15). The van der Waals surface area contributed by atoms with Gasteiger partial charge in [0, 0.05) is 12.2 Å². The molecule has 0 fully saturated rings. The molecule has 2 N–H and O–H groups in total. The summed E-state index contributed by atoms with van der Waals surface area (Å²) in [6.07, 6.45) is 5.47. The highest BCUT2D eigenvalue weighted by atomic mass is 16.5. The van der Waals surface area contributed by atoms with Gasteiger partial charge in [-0.25, -0.2) is 0 Å². The molecule has 0 amide bonds. The molecule has 4 heteroatoms. The van der Waals surface area contributed by atoms with Crippen molar-refractivity contribution < 1.29 is 19.7 Å². The van der Waals surface area contributed by atoms with Crippen LogP contribution in [0.1, 0.15) is 19.8 Å². The topological polar surface area (TPSA) is 66.8 Å². The molecule has 4 nitrogen and oxygen atoms in total. The van der Waals surface area contributed by atoms with Crippen molar-refractivity contribution in [3.63, 3.8) is 0 Å². The van der Waals surface area contributed by atoms with Crippen LogP contribution in [0.4, 0.5) is 0 Å². The number of rotatable bonds is 5. The Morgan fingerprint density at radius 1 is 1.50 bits per heavy atom. The quantitative estimate of drug-likeness (QED) is 0.751. The van der Waals surface area contributed by atoms with E-state index in [2.05, 4.69) is 0 Å². The van der Waals surface area contributed by atoms with Crippen molar-refractivity contribution in [1.82, 2.24) is 0 Å². The van der Waals surface area contributed by atoms with E-state index in [0.29, 0.717) is 25.2 Å². The molecule has 0 saturated heterocycles. The lowest BCUT2D eigenvalue weighted by Gasteiger charge is -2.05. The smallest absolute Gasteiger partial charge is 0.307 e. The van der Waals surface area contributed by atoms with Gasteiger partial charge in [-0.05, 0) is 25.0 Å². The van der Waals surface area contributed by atoms with Gasteiger partial charge in [-0.15, -0.1) is 0 Å². The molecule has 0 saturated carbocycles. The molecule has 0 bridgehead atoms. The second-order valence-corrected chi connectivity index (χ2v) is 3.51. The predicted molar refractivity (Wildman–Crippen MR) is 60.2 cm³/mol. The molecule has 16 heavy (non-hydrogen) atoms. The summed E-state index contributed by atoms with van der Waals surface area (Å²) in [6, 6.07) is 0. The Hall–Kier alpha value is -1.55. The summed E-state index contributed by atoms with van der Waals surface area (Å²) in [7, 11) is 0. The fourth-order valence-electron chi connectivity index (χ4n) is 1.39. The minimum absolute atomic E-state index is 0.0221. The van der Waals surface area contributed by atoms with Gasteiger partial charge in [0.05, 0.1) is 13.0 Å². The molecule has 0 radical (unpaired) electrons. The van der Waals surface area contributed by atoms with Gasteiger partial charge in [0.15, 0.2) is 0 Å². The zero-order valence-electron chi connectivity index (χ0n) is 9.27.